The van der Waals surface area contributed by atoms with E-state index >= 15 is 0 Å². The number of alkyl halides is 3. The van der Waals surface area contributed by atoms with Gasteiger partial charge in [0.2, 0.25) is 0 Å². The largest absolute Gasteiger partial charge is 0.490 e. The maximum atomic E-state index is 14.6. The summed E-state index contributed by atoms with van der Waals surface area (Å²) in [5.41, 5.74) is -1.72. The molecule has 0 aromatic heterocycles. The molecule has 2 aromatic carbocycles. The van der Waals surface area contributed by atoms with Gasteiger partial charge in [0.15, 0.2) is 11.6 Å². The second kappa shape index (κ2) is 12.0. The van der Waals surface area contributed by atoms with Gasteiger partial charge in [-0.25, -0.2) is 18.0 Å². The Morgan fingerprint density at radius 3 is 2.21 bits per heavy atom. The molecule has 0 bridgehead atoms. The lowest BCUT2D eigenvalue weighted by Crippen LogP contribution is -2.68. The molecule has 2 aliphatic heterocycles. The summed E-state index contributed by atoms with van der Waals surface area (Å²) in [5, 5.41) is 20.4. The zero-order valence-corrected chi connectivity index (χ0v) is 21.7. The molecule has 15 heteroatoms. The molecule has 4 rings (SSSR count). The Hall–Kier alpha value is -2.63. The van der Waals surface area contributed by atoms with E-state index in [0.717, 1.165) is 12.1 Å². The quantitative estimate of drug-likeness (QED) is 0.333. The van der Waals surface area contributed by atoms with Gasteiger partial charge >= 0.3 is 12.1 Å². The first-order chi connectivity index (χ1) is 17.7. The lowest BCUT2D eigenvalue weighted by molar-refractivity contribution is -0.192. The Balaban J connectivity index is 0.000000505. The van der Waals surface area contributed by atoms with Crippen LogP contribution >= 0.6 is 22.6 Å². The number of hydrogen-bond acceptors (Lipinski definition) is 6. The number of rotatable bonds is 5. The number of carbonyl (C=O) groups is 2. The van der Waals surface area contributed by atoms with Crippen LogP contribution in [0.5, 0.6) is 0 Å². The van der Waals surface area contributed by atoms with E-state index in [2.05, 4.69) is 10.2 Å². The summed E-state index contributed by atoms with van der Waals surface area (Å²) in [6, 6.07) is 6.25. The number of β-amino-alcohol motifs (C(OH)–C–C–N with tert-alkyl or cyclic N) is 1. The summed E-state index contributed by atoms with van der Waals surface area (Å²) in [6.07, 6.45) is -5.08. The normalized spacial score (nSPS) is 17.2. The number of carbonyl (C=O) groups excluding carboxylic acids is 1. The highest BCUT2D eigenvalue weighted by molar-refractivity contribution is 14.1. The minimum Gasteiger partial charge on any atom is -0.475 e. The fourth-order valence-corrected chi connectivity index (χ4v) is 4.28. The maximum Gasteiger partial charge on any atom is 0.490 e. The molecule has 8 nitrogen and oxygen atoms in total. The standard InChI is InChI=1S/C21H21F3IN3O3.C2HF3O2/c22-15-3-2-14(19(18(15)24)26-17-4-1-13(25)9-16(17)23)20(29)28-11-21(30,12-28)10-27-5-7-31-8-6-27;3-2(4,5)1(6)7/h1-4,9,26,30H,5-8,10-12H2;(H,6,7). The van der Waals surface area contributed by atoms with Crippen LogP contribution in [0.1, 0.15) is 10.4 Å². The average molecular weight is 661 g/mol. The Morgan fingerprint density at radius 2 is 1.66 bits per heavy atom. The van der Waals surface area contributed by atoms with Crippen LogP contribution in [-0.4, -0.2) is 89.6 Å². The number of benzene rings is 2. The Kier molecular flexibility index (Phi) is 9.48. The lowest BCUT2D eigenvalue weighted by Gasteiger charge is -2.49. The number of nitrogens with zero attached hydrogens (tertiary/aromatic N) is 2. The molecule has 2 aliphatic rings. The molecule has 2 saturated heterocycles. The third-order valence-corrected chi connectivity index (χ3v) is 6.31. The molecule has 2 fully saturated rings. The Bertz CT molecular complexity index is 1190. The van der Waals surface area contributed by atoms with E-state index in [1.165, 1.54) is 17.0 Å². The van der Waals surface area contributed by atoms with Gasteiger partial charge in [-0.1, -0.05) is 0 Å². The molecule has 0 radical (unpaired) electrons. The highest BCUT2D eigenvalue weighted by atomic mass is 127. The van der Waals surface area contributed by atoms with Crippen LogP contribution in [0.25, 0.3) is 0 Å². The zero-order valence-electron chi connectivity index (χ0n) is 19.5. The number of anilines is 2. The molecule has 0 unspecified atom stereocenters. The van der Waals surface area contributed by atoms with Gasteiger partial charge in [0, 0.05) is 23.2 Å². The van der Waals surface area contributed by atoms with Gasteiger partial charge in [-0.15, -0.1) is 0 Å². The molecule has 0 saturated carbocycles. The molecule has 38 heavy (non-hydrogen) atoms. The van der Waals surface area contributed by atoms with Gasteiger partial charge in [0.05, 0.1) is 43.2 Å². The van der Waals surface area contributed by atoms with E-state index in [1.807, 2.05) is 22.6 Å². The van der Waals surface area contributed by atoms with Crippen LogP contribution < -0.4 is 5.32 Å². The van der Waals surface area contributed by atoms with Crippen molar-refractivity contribution in [2.45, 2.75) is 11.8 Å². The van der Waals surface area contributed by atoms with Crippen molar-refractivity contribution in [3.8, 4) is 0 Å². The van der Waals surface area contributed by atoms with Gasteiger partial charge in [-0.2, -0.15) is 13.2 Å². The van der Waals surface area contributed by atoms with E-state index in [0.29, 0.717) is 36.4 Å². The van der Waals surface area contributed by atoms with Crippen LogP contribution in [0.3, 0.4) is 0 Å². The number of carboxylic acids is 1. The van der Waals surface area contributed by atoms with Crippen molar-refractivity contribution in [3.63, 3.8) is 0 Å². The van der Waals surface area contributed by atoms with Crippen LogP contribution in [0.4, 0.5) is 37.7 Å². The van der Waals surface area contributed by atoms with Crippen molar-refractivity contribution < 1.29 is 50.9 Å². The van der Waals surface area contributed by atoms with E-state index in [1.54, 1.807) is 6.07 Å². The monoisotopic (exact) mass is 661 g/mol. The molecule has 0 atom stereocenters. The molecule has 3 N–H and O–H groups in total. The molecular weight excluding hydrogens is 639 g/mol. The average Bonchev–Trinajstić information content (AvgIpc) is 2.82. The fourth-order valence-electron chi connectivity index (χ4n) is 3.83. The predicted octanol–water partition coefficient (Wildman–Crippen LogP) is 3.60. The van der Waals surface area contributed by atoms with Crippen molar-refractivity contribution in [3.05, 3.63) is 56.9 Å². The molecule has 2 heterocycles. The van der Waals surface area contributed by atoms with Gasteiger partial charge < -0.3 is 25.2 Å². The fraction of sp³-hybridized carbons (Fsp3) is 0.391. The van der Waals surface area contributed by atoms with E-state index < -0.39 is 46.8 Å². The number of nitrogens with one attached hydrogen (secondary N) is 1. The summed E-state index contributed by atoms with van der Waals surface area (Å²) in [4.78, 5) is 25.3. The summed E-state index contributed by atoms with van der Waals surface area (Å²) in [7, 11) is 0. The summed E-state index contributed by atoms with van der Waals surface area (Å²) in [5.74, 6) is -6.41. The topological polar surface area (TPSA) is 102 Å². The second-order valence-electron chi connectivity index (χ2n) is 8.61. The molecule has 1 amide bonds. The highest BCUT2D eigenvalue weighted by Gasteiger charge is 2.45. The number of morpholine rings is 1. The van der Waals surface area contributed by atoms with Crippen molar-refractivity contribution in [1.82, 2.24) is 9.80 Å². The van der Waals surface area contributed by atoms with Crippen molar-refractivity contribution in [1.29, 1.82) is 0 Å². The first-order valence-electron chi connectivity index (χ1n) is 11.0. The third-order valence-electron chi connectivity index (χ3n) is 5.64. The van der Waals surface area contributed by atoms with Crippen LogP contribution in [0.15, 0.2) is 30.3 Å². The summed E-state index contributed by atoms with van der Waals surface area (Å²) < 4.78 is 80.3. The lowest BCUT2D eigenvalue weighted by atomic mass is 9.92. The Labute approximate surface area is 226 Å². The summed E-state index contributed by atoms with van der Waals surface area (Å²) in [6.45, 7) is 3.13. The molecular formula is C23H22F6IN3O5. The van der Waals surface area contributed by atoms with Crippen LogP contribution in [-0.2, 0) is 9.53 Å². The molecule has 0 spiro atoms. The minimum atomic E-state index is -5.08. The smallest absolute Gasteiger partial charge is 0.475 e. The number of aliphatic hydroxyl groups is 1. The van der Waals surface area contributed by atoms with Crippen molar-refractivity contribution in [2.24, 2.45) is 0 Å². The van der Waals surface area contributed by atoms with Crippen molar-refractivity contribution >= 4 is 45.8 Å². The number of hydrogen-bond donors (Lipinski definition) is 3. The van der Waals surface area contributed by atoms with Gasteiger partial charge in [0.25, 0.3) is 5.91 Å². The van der Waals surface area contributed by atoms with E-state index in [-0.39, 0.29) is 24.3 Å². The first-order valence-corrected chi connectivity index (χ1v) is 12.1. The van der Waals surface area contributed by atoms with Crippen molar-refractivity contribution in [2.75, 3.05) is 51.3 Å². The van der Waals surface area contributed by atoms with Crippen LogP contribution in [0, 0.1) is 21.0 Å². The number of likely N-dealkylation sites (tertiary alicyclic amines) is 1. The SMILES string of the molecule is O=C(O)C(F)(F)F.O=C(c1ccc(F)c(F)c1Nc1ccc(I)cc1F)N1CC(O)(CN2CCOCC2)C1. The number of aliphatic carboxylic acids is 1. The van der Waals surface area contributed by atoms with Gasteiger partial charge in [0.1, 0.15) is 11.4 Å². The molecule has 2 aromatic rings. The first kappa shape index (κ1) is 29.9. The highest BCUT2D eigenvalue weighted by Crippen LogP contribution is 2.32. The number of amides is 1. The van der Waals surface area contributed by atoms with E-state index in [4.69, 9.17) is 14.6 Å². The second-order valence-corrected chi connectivity index (χ2v) is 9.86. The number of carboxylic acid groups (broad SMARTS) is 1. The molecule has 208 valence electrons. The minimum absolute atomic E-state index is 0.0690. The van der Waals surface area contributed by atoms with E-state index in [9.17, 15) is 36.2 Å². The van der Waals surface area contributed by atoms with Crippen LogP contribution in [0.2, 0.25) is 0 Å². The molecule has 0 aliphatic carbocycles. The third kappa shape index (κ3) is 7.48. The number of halogens is 7. The Morgan fingerprint density at radius 1 is 1.05 bits per heavy atom. The van der Waals surface area contributed by atoms with Gasteiger partial charge in [-0.05, 0) is 52.9 Å². The maximum absolute atomic E-state index is 14.6. The summed E-state index contributed by atoms with van der Waals surface area (Å²) >= 11 is 1.93. The van der Waals surface area contributed by atoms with Gasteiger partial charge in [-0.3, -0.25) is 9.69 Å². The number of ether oxygens (including phenoxy) is 1. The zero-order chi connectivity index (χ0) is 28.3. The predicted molar refractivity (Wildman–Crippen MR) is 131 cm³/mol.